The summed E-state index contributed by atoms with van der Waals surface area (Å²) < 4.78 is 0. The van der Waals surface area contributed by atoms with E-state index < -0.39 is 0 Å². The monoisotopic (exact) mass is 515 g/mol. The van der Waals surface area contributed by atoms with Crippen LogP contribution in [0, 0.1) is 0 Å². The molecule has 2 fully saturated rings. The predicted octanol–water partition coefficient (Wildman–Crippen LogP) is 5.40. The molecular weight excluding hydrogens is 481 g/mol. The molecule has 35 heavy (non-hydrogen) atoms. The van der Waals surface area contributed by atoms with E-state index in [1.54, 1.807) is 12.1 Å². The lowest BCUT2D eigenvalue weighted by atomic mass is 9.88. The van der Waals surface area contributed by atoms with Crippen molar-refractivity contribution in [3.8, 4) is 0 Å². The zero-order valence-corrected chi connectivity index (χ0v) is 21.8. The predicted molar refractivity (Wildman–Crippen MR) is 146 cm³/mol. The molecule has 0 spiro atoms. The van der Waals surface area contributed by atoms with Crippen molar-refractivity contribution in [2.45, 2.75) is 63.5 Å². The van der Waals surface area contributed by atoms with Gasteiger partial charge in [-0.15, -0.1) is 0 Å². The molecule has 1 heterocycles. The van der Waals surface area contributed by atoms with E-state index in [0.717, 1.165) is 55.2 Å². The third-order valence-electron chi connectivity index (χ3n) is 6.86. The van der Waals surface area contributed by atoms with E-state index in [0.29, 0.717) is 22.1 Å². The highest BCUT2D eigenvalue weighted by Gasteiger charge is 2.23. The normalized spacial score (nSPS) is 20.5. The summed E-state index contributed by atoms with van der Waals surface area (Å²) in [4.78, 5) is 19.4. The van der Waals surface area contributed by atoms with Gasteiger partial charge in [0.2, 0.25) is 5.91 Å². The number of aliphatic imine (C=N–C) groups is 1. The van der Waals surface area contributed by atoms with E-state index in [4.69, 9.17) is 33.9 Å². The second kappa shape index (κ2) is 12.1. The van der Waals surface area contributed by atoms with Gasteiger partial charge in [0, 0.05) is 53.7 Å². The summed E-state index contributed by atoms with van der Waals surface area (Å²) in [6.07, 6.45) is 6.29. The number of hydrogen-bond donors (Lipinski definition) is 3. The summed E-state index contributed by atoms with van der Waals surface area (Å²) >= 11 is 12.6. The molecule has 2 aromatic rings. The Morgan fingerprint density at radius 1 is 1.17 bits per heavy atom. The fraction of sp³-hybridized carbons (Fsp3) is 0.481. The van der Waals surface area contributed by atoms with Gasteiger partial charge in [-0.25, -0.2) is 4.99 Å². The molecule has 4 rings (SSSR count). The van der Waals surface area contributed by atoms with Gasteiger partial charge < -0.3 is 21.3 Å². The molecule has 1 aliphatic heterocycles. The van der Waals surface area contributed by atoms with Gasteiger partial charge in [0.05, 0.1) is 6.04 Å². The number of halogens is 2. The molecule has 188 valence electrons. The highest BCUT2D eigenvalue weighted by Crippen LogP contribution is 2.35. The molecule has 0 radical (unpaired) electrons. The van der Waals surface area contributed by atoms with Gasteiger partial charge in [-0.1, -0.05) is 60.7 Å². The second-order valence-corrected chi connectivity index (χ2v) is 10.5. The van der Waals surface area contributed by atoms with Gasteiger partial charge in [0.1, 0.15) is 0 Å². The number of carbonyl (C=O) groups is 1. The molecule has 1 amide bonds. The van der Waals surface area contributed by atoms with Gasteiger partial charge in [-0.05, 0) is 55.2 Å². The molecule has 2 aromatic carbocycles. The molecule has 8 heteroatoms. The number of anilines is 1. The largest absolute Gasteiger partial charge is 0.370 e. The summed E-state index contributed by atoms with van der Waals surface area (Å²) in [6, 6.07) is 14.3. The number of carbonyl (C=O) groups excluding carboxylic acids is 1. The molecule has 2 atom stereocenters. The van der Waals surface area contributed by atoms with E-state index in [1.165, 1.54) is 19.3 Å². The molecular formula is C27H35Cl2N5O. The van der Waals surface area contributed by atoms with Crippen LogP contribution in [0.1, 0.15) is 62.5 Å². The Labute approximate surface area is 218 Å². The maximum absolute atomic E-state index is 11.9. The molecule has 2 aliphatic rings. The summed E-state index contributed by atoms with van der Waals surface area (Å²) in [5.41, 5.74) is 8.36. The number of primary amides is 1. The lowest BCUT2D eigenvalue weighted by Gasteiger charge is -2.35. The fourth-order valence-corrected chi connectivity index (χ4v) is 5.56. The van der Waals surface area contributed by atoms with Gasteiger partial charge >= 0.3 is 0 Å². The standard InChI is InChI=1S/C27H35Cl2N5O/c1-18-17-34(14-13-31-18)27(32-21-5-3-2-4-6-21)33-22-10-7-19(8-11-22)24(16-26(30)35)23-12-9-20(28)15-25(23)29/h7-12,15,18,21,24,31H,2-6,13-14,16-17H2,1H3,(H2,30,35)(H,32,33)/t18-,24?/m1/s1. The molecule has 0 aromatic heterocycles. The number of benzene rings is 2. The molecule has 0 bridgehead atoms. The first-order valence-electron chi connectivity index (χ1n) is 12.6. The van der Waals surface area contributed by atoms with Crippen LogP contribution in [-0.4, -0.2) is 48.5 Å². The zero-order chi connectivity index (χ0) is 24.8. The van der Waals surface area contributed by atoms with E-state index in [2.05, 4.69) is 22.5 Å². The van der Waals surface area contributed by atoms with Crippen LogP contribution in [0.3, 0.4) is 0 Å². The van der Waals surface area contributed by atoms with Crippen LogP contribution in [0.2, 0.25) is 10.0 Å². The van der Waals surface area contributed by atoms with Crippen molar-refractivity contribution < 1.29 is 4.79 Å². The summed E-state index contributed by atoms with van der Waals surface area (Å²) in [6.45, 7) is 5.01. The minimum atomic E-state index is -0.377. The number of piperazine rings is 1. The van der Waals surface area contributed by atoms with Gasteiger partial charge in [0.15, 0.2) is 5.96 Å². The summed E-state index contributed by atoms with van der Waals surface area (Å²) in [5.74, 6) is 0.334. The summed E-state index contributed by atoms with van der Waals surface area (Å²) in [5, 5.41) is 8.19. The number of guanidine groups is 1. The number of nitrogens with zero attached hydrogens (tertiary/aromatic N) is 2. The van der Waals surface area contributed by atoms with E-state index in [-0.39, 0.29) is 18.2 Å². The van der Waals surface area contributed by atoms with Crippen molar-refractivity contribution in [3.63, 3.8) is 0 Å². The maximum Gasteiger partial charge on any atom is 0.218 e. The Balaban J connectivity index is 1.56. The van der Waals surface area contributed by atoms with E-state index >= 15 is 0 Å². The highest BCUT2D eigenvalue weighted by molar-refractivity contribution is 6.35. The average Bonchev–Trinajstić information content (AvgIpc) is 2.84. The number of nitrogens with two attached hydrogens (primary N) is 1. The molecule has 1 saturated heterocycles. The van der Waals surface area contributed by atoms with Crippen molar-refractivity contribution >= 4 is 40.8 Å². The van der Waals surface area contributed by atoms with Crippen LogP contribution in [0.4, 0.5) is 5.69 Å². The van der Waals surface area contributed by atoms with E-state index in [9.17, 15) is 4.79 Å². The molecule has 1 saturated carbocycles. The Hall–Kier alpha value is -2.28. The van der Waals surface area contributed by atoms with Crippen molar-refractivity contribution in [1.82, 2.24) is 10.2 Å². The first kappa shape index (κ1) is 25.8. The lowest BCUT2D eigenvalue weighted by Crippen LogP contribution is -2.53. The third-order valence-corrected chi connectivity index (χ3v) is 7.42. The molecule has 6 nitrogen and oxygen atoms in total. The van der Waals surface area contributed by atoms with Crippen LogP contribution < -0.4 is 16.4 Å². The quantitative estimate of drug-likeness (QED) is 0.355. The topological polar surface area (TPSA) is 82.8 Å². The Bertz CT molecular complexity index is 1040. The van der Waals surface area contributed by atoms with Gasteiger partial charge in [0.25, 0.3) is 0 Å². The highest BCUT2D eigenvalue weighted by atomic mass is 35.5. The van der Waals surface area contributed by atoms with Crippen molar-refractivity contribution in [2.75, 3.05) is 25.0 Å². The van der Waals surface area contributed by atoms with Gasteiger partial charge in [-0.3, -0.25) is 4.79 Å². The first-order chi connectivity index (χ1) is 16.9. The molecule has 1 aliphatic carbocycles. The van der Waals surface area contributed by atoms with Crippen LogP contribution >= 0.6 is 23.2 Å². The van der Waals surface area contributed by atoms with Crippen LogP contribution in [0.25, 0.3) is 0 Å². The number of hydrogen-bond acceptors (Lipinski definition) is 3. The fourth-order valence-electron chi connectivity index (χ4n) is 5.02. The SMILES string of the molecule is C[C@@H]1CN(C(=NC2CCCCC2)Nc2ccc(C(CC(N)=O)c3ccc(Cl)cc3Cl)cc2)CCN1. The Kier molecular flexibility index (Phi) is 8.93. The zero-order valence-electron chi connectivity index (χ0n) is 20.3. The minimum Gasteiger partial charge on any atom is -0.370 e. The van der Waals surface area contributed by atoms with Crippen molar-refractivity contribution in [1.29, 1.82) is 0 Å². The average molecular weight is 517 g/mol. The molecule has 1 unspecified atom stereocenters. The minimum absolute atomic E-state index is 0.168. The van der Waals surface area contributed by atoms with Crippen molar-refractivity contribution in [2.24, 2.45) is 10.7 Å². The van der Waals surface area contributed by atoms with Crippen molar-refractivity contribution in [3.05, 3.63) is 63.6 Å². The number of rotatable bonds is 6. The van der Waals surface area contributed by atoms with Crippen LogP contribution in [-0.2, 0) is 4.79 Å². The Morgan fingerprint density at radius 2 is 1.91 bits per heavy atom. The number of nitrogens with one attached hydrogen (secondary N) is 2. The second-order valence-electron chi connectivity index (χ2n) is 9.68. The van der Waals surface area contributed by atoms with Gasteiger partial charge in [-0.2, -0.15) is 0 Å². The lowest BCUT2D eigenvalue weighted by molar-refractivity contribution is -0.118. The first-order valence-corrected chi connectivity index (χ1v) is 13.3. The maximum atomic E-state index is 11.9. The van der Waals surface area contributed by atoms with Crippen LogP contribution in [0.15, 0.2) is 47.5 Å². The number of amides is 1. The molecule has 4 N–H and O–H groups in total. The summed E-state index contributed by atoms with van der Waals surface area (Å²) in [7, 11) is 0. The van der Waals surface area contributed by atoms with E-state index in [1.807, 2.05) is 30.3 Å². The third kappa shape index (κ3) is 7.12. The Morgan fingerprint density at radius 3 is 2.57 bits per heavy atom. The smallest absolute Gasteiger partial charge is 0.218 e. The van der Waals surface area contributed by atoms with Crippen LogP contribution in [0.5, 0.6) is 0 Å².